The molecule has 0 fully saturated rings. The van der Waals surface area contributed by atoms with Crippen molar-refractivity contribution in [1.82, 2.24) is 0 Å². The van der Waals surface area contributed by atoms with Crippen LogP contribution in [0.4, 0.5) is 5.69 Å². The number of benzene rings is 2. The van der Waals surface area contributed by atoms with Crippen molar-refractivity contribution in [2.24, 2.45) is 0 Å². The van der Waals surface area contributed by atoms with Crippen LogP contribution in [0.2, 0.25) is 0 Å². The first-order valence-corrected chi connectivity index (χ1v) is 10.3. The van der Waals surface area contributed by atoms with Crippen molar-refractivity contribution in [3.05, 3.63) is 47.5 Å². The van der Waals surface area contributed by atoms with E-state index in [-0.39, 0.29) is 27.0 Å². The van der Waals surface area contributed by atoms with Gasteiger partial charge in [0.2, 0.25) is 0 Å². The van der Waals surface area contributed by atoms with E-state index in [0.29, 0.717) is 10.6 Å². The van der Waals surface area contributed by atoms with E-state index >= 15 is 0 Å². The number of nitriles is 1. The third kappa shape index (κ3) is 3.16. The number of fused-ring (bicyclic) bond motifs is 1. The quantitative estimate of drug-likeness (QED) is 0.811. The van der Waals surface area contributed by atoms with Crippen molar-refractivity contribution in [2.75, 3.05) is 10.8 Å². The standard InChI is InChI=1S/C18H16N2O4S2/c1-11(2)25-15-8-12(7-13(9-19)17(15)21)18(22)20-10-26(23,24)16-6-4-3-5-14(16)20/h3-8,11,21H,10H2,1-2H3. The summed E-state index contributed by atoms with van der Waals surface area (Å²) in [5.41, 5.74) is 0.464. The van der Waals surface area contributed by atoms with E-state index in [4.69, 9.17) is 0 Å². The monoisotopic (exact) mass is 388 g/mol. The number of rotatable bonds is 3. The molecule has 0 saturated heterocycles. The van der Waals surface area contributed by atoms with Crippen molar-refractivity contribution in [3.63, 3.8) is 0 Å². The van der Waals surface area contributed by atoms with Gasteiger partial charge in [-0.2, -0.15) is 5.26 Å². The van der Waals surface area contributed by atoms with Gasteiger partial charge in [-0.3, -0.25) is 9.69 Å². The number of hydrogen-bond acceptors (Lipinski definition) is 6. The lowest BCUT2D eigenvalue weighted by Crippen LogP contribution is -2.30. The lowest BCUT2D eigenvalue weighted by Gasteiger charge is -2.17. The van der Waals surface area contributed by atoms with Gasteiger partial charge in [-0.1, -0.05) is 26.0 Å². The van der Waals surface area contributed by atoms with Crippen molar-refractivity contribution < 1.29 is 18.3 Å². The normalized spacial score (nSPS) is 14.9. The summed E-state index contributed by atoms with van der Waals surface area (Å²) >= 11 is 1.32. The zero-order valence-corrected chi connectivity index (χ0v) is 15.8. The molecule has 0 saturated carbocycles. The fraction of sp³-hybridized carbons (Fsp3) is 0.222. The summed E-state index contributed by atoms with van der Waals surface area (Å²) in [5, 5.41) is 19.6. The molecular formula is C18H16N2O4S2. The Labute approximate surface area is 156 Å². The molecule has 2 aromatic rings. The van der Waals surface area contributed by atoms with E-state index in [9.17, 15) is 23.6 Å². The van der Waals surface area contributed by atoms with Gasteiger partial charge in [0.25, 0.3) is 5.91 Å². The first-order chi connectivity index (χ1) is 12.2. The molecule has 134 valence electrons. The summed E-state index contributed by atoms with van der Waals surface area (Å²) in [6, 6.07) is 11.0. The molecular weight excluding hydrogens is 372 g/mol. The lowest BCUT2D eigenvalue weighted by molar-refractivity contribution is 0.0991. The van der Waals surface area contributed by atoms with Gasteiger partial charge in [0.1, 0.15) is 17.7 Å². The number of phenolic OH excluding ortho intramolecular Hbond substituents is 1. The second-order valence-corrected chi connectivity index (χ2v) is 9.64. The summed E-state index contributed by atoms with van der Waals surface area (Å²) in [6.07, 6.45) is 0. The molecule has 1 aliphatic rings. The summed E-state index contributed by atoms with van der Waals surface area (Å²) in [5.74, 6) is -1.14. The molecule has 1 heterocycles. The number of phenols is 1. The van der Waals surface area contributed by atoms with Gasteiger partial charge in [0.15, 0.2) is 9.84 Å². The second kappa shape index (κ2) is 6.67. The highest BCUT2D eigenvalue weighted by Gasteiger charge is 2.36. The maximum atomic E-state index is 13.0. The average molecular weight is 388 g/mol. The fourth-order valence-electron chi connectivity index (χ4n) is 2.74. The smallest absolute Gasteiger partial charge is 0.259 e. The number of thioether (sulfide) groups is 1. The number of anilines is 1. The third-order valence-corrected chi connectivity index (χ3v) is 6.49. The molecule has 26 heavy (non-hydrogen) atoms. The Morgan fingerprint density at radius 1 is 1.31 bits per heavy atom. The van der Waals surface area contributed by atoms with E-state index in [2.05, 4.69) is 0 Å². The Kier molecular flexibility index (Phi) is 4.69. The first-order valence-electron chi connectivity index (χ1n) is 7.82. The minimum absolute atomic E-state index is 0.0191. The van der Waals surface area contributed by atoms with Crippen LogP contribution >= 0.6 is 11.8 Å². The van der Waals surface area contributed by atoms with Crippen LogP contribution in [-0.4, -0.2) is 30.6 Å². The lowest BCUT2D eigenvalue weighted by atomic mass is 10.1. The summed E-state index contributed by atoms with van der Waals surface area (Å²) < 4.78 is 24.6. The SMILES string of the molecule is CC(C)Sc1cc(C(=O)N2CS(=O)(=O)c3ccccc32)cc(C#N)c1O. The van der Waals surface area contributed by atoms with Crippen LogP contribution in [0.5, 0.6) is 5.75 Å². The van der Waals surface area contributed by atoms with Gasteiger partial charge in [-0.25, -0.2) is 8.42 Å². The Morgan fingerprint density at radius 2 is 2.00 bits per heavy atom. The number of carbonyl (C=O) groups excluding carboxylic acids is 1. The second-order valence-electron chi connectivity index (χ2n) is 6.09. The minimum atomic E-state index is -3.58. The largest absolute Gasteiger partial charge is 0.505 e. The van der Waals surface area contributed by atoms with Gasteiger partial charge >= 0.3 is 0 Å². The van der Waals surface area contributed by atoms with Crippen molar-refractivity contribution in [1.29, 1.82) is 5.26 Å². The molecule has 3 rings (SSSR count). The summed E-state index contributed by atoms with van der Waals surface area (Å²) in [6.45, 7) is 3.85. The summed E-state index contributed by atoms with van der Waals surface area (Å²) in [4.78, 5) is 14.7. The number of sulfone groups is 1. The maximum Gasteiger partial charge on any atom is 0.259 e. The topological polar surface area (TPSA) is 98.5 Å². The van der Waals surface area contributed by atoms with Crippen LogP contribution in [0.3, 0.4) is 0 Å². The number of amides is 1. The average Bonchev–Trinajstić information content (AvgIpc) is 2.87. The van der Waals surface area contributed by atoms with E-state index in [1.807, 2.05) is 19.9 Å². The number of para-hydroxylation sites is 1. The molecule has 0 bridgehead atoms. The maximum absolute atomic E-state index is 13.0. The molecule has 0 unspecified atom stereocenters. The van der Waals surface area contributed by atoms with Crippen LogP contribution in [0.1, 0.15) is 29.8 Å². The minimum Gasteiger partial charge on any atom is -0.505 e. The Morgan fingerprint density at radius 3 is 2.65 bits per heavy atom. The molecule has 0 spiro atoms. The number of hydrogen-bond donors (Lipinski definition) is 1. The van der Waals surface area contributed by atoms with Gasteiger partial charge in [-0.15, -0.1) is 11.8 Å². The van der Waals surface area contributed by atoms with Gasteiger partial charge in [0, 0.05) is 10.8 Å². The Hall–Kier alpha value is -2.50. The molecule has 0 aromatic heterocycles. The predicted molar refractivity (Wildman–Crippen MR) is 99.1 cm³/mol. The highest BCUT2D eigenvalue weighted by atomic mass is 32.2. The molecule has 1 aliphatic heterocycles. The van der Waals surface area contributed by atoms with Crippen LogP contribution in [0, 0.1) is 11.3 Å². The molecule has 1 N–H and O–H groups in total. The Balaban J connectivity index is 2.08. The zero-order valence-electron chi connectivity index (χ0n) is 14.1. The van der Waals surface area contributed by atoms with Gasteiger partial charge in [-0.05, 0) is 24.3 Å². The van der Waals surface area contributed by atoms with Crippen LogP contribution < -0.4 is 4.90 Å². The van der Waals surface area contributed by atoms with Crippen LogP contribution in [0.15, 0.2) is 46.2 Å². The molecule has 8 heteroatoms. The van der Waals surface area contributed by atoms with Crippen molar-refractivity contribution in [3.8, 4) is 11.8 Å². The molecule has 0 aliphatic carbocycles. The molecule has 1 amide bonds. The summed E-state index contributed by atoms with van der Waals surface area (Å²) in [7, 11) is -3.58. The van der Waals surface area contributed by atoms with E-state index in [0.717, 1.165) is 0 Å². The predicted octanol–water partition coefficient (Wildman–Crippen LogP) is 3.16. The third-order valence-electron chi connectivity index (χ3n) is 3.84. The van der Waals surface area contributed by atoms with E-state index < -0.39 is 21.6 Å². The van der Waals surface area contributed by atoms with Crippen molar-refractivity contribution >= 4 is 33.2 Å². The van der Waals surface area contributed by atoms with Gasteiger partial charge in [0.05, 0.1) is 21.0 Å². The number of aromatic hydroxyl groups is 1. The van der Waals surface area contributed by atoms with E-state index in [1.165, 1.54) is 34.9 Å². The molecule has 0 atom stereocenters. The fourth-order valence-corrected chi connectivity index (χ4v) is 5.18. The van der Waals surface area contributed by atoms with Gasteiger partial charge < -0.3 is 5.11 Å². The van der Waals surface area contributed by atoms with Crippen molar-refractivity contribution in [2.45, 2.75) is 28.9 Å². The molecule has 2 aromatic carbocycles. The van der Waals surface area contributed by atoms with Crippen LogP contribution in [0.25, 0.3) is 0 Å². The zero-order chi connectivity index (χ0) is 19.1. The van der Waals surface area contributed by atoms with E-state index in [1.54, 1.807) is 18.2 Å². The number of nitrogens with zero attached hydrogens (tertiary/aromatic N) is 2. The van der Waals surface area contributed by atoms with Crippen LogP contribution in [-0.2, 0) is 9.84 Å². The number of carbonyl (C=O) groups is 1. The highest BCUT2D eigenvalue weighted by Crippen LogP contribution is 2.38. The Bertz CT molecular complexity index is 1040. The molecule has 0 radical (unpaired) electrons. The molecule has 6 nitrogen and oxygen atoms in total. The highest BCUT2D eigenvalue weighted by molar-refractivity contribution is 8.00. The first kappa shape index (κ1) is 18.3.